The van der Waals surface area contributed by atoms with E-state index in [1.807, 2.05) is 30.3 Å². The van der Waals surface area contributed by atoms with Crippen LogP contribution in [0.2, 0.25) is 0 Å². The summed E-state index contributed by atoms with van der Waals surface area (Å²) in [6, 6.07) is 15.6. The quantitative estimate of drug-likeness (QED) is 0.255. The minimum Gasteiger partial charge on any atom is -0.493 e. The van der Waals surface area contributed by atoms with Gasteiger partial charge in [0.15, 0.2) is 21.0 Å². The Balaban J connectivity index is 1.84. The van der Waals surface area contributed by atoms with Gasteiger partial charge in [-0.3, -0.25) is 9.36 Å². The number of nitrogens with zero attached hydrogens (tertiary/aromatic N) is 2. The molecule has 0 bridgehead atoms. The molecule has 0 radical (unpaired) electrons. The summed E-state index contributed by atoms with van der Waals surface area (Å²) in [7, 11) is 3.08. The summed E-state index contributed by atoms with van der Waals surface area (Å²) in [5, 5.41) is 0. The molecule has 0 saturated carbocycles. The lowest BCUT2D eigenvalue weighted by molar-refractivity contribution is -0.138. The lowest BCUT2D eigenvalue weighted by Crippen LogP contribution is -2.40. The third kappa shape index (κ3) is 5.13. The monoisotopic (exact) mass is 672 g/mol. The number of benzene rings is 2. The van der Waals surface area contributed by atoms with Crippen molar-refractivity contribution in [2.24, 2.45) is 4.99 Å². The Bertz CT molecular complexity index is 1750. The first-order valence-electron chi connectivity index (χ1n) is 11.8. The van der Waals surface area contributed by atoms with Crippen LogP contribution in [0.15, 0.2) is 83.5 Å². The second-order valence-corrected chi connectivity index (χ2v) is 10.9. The van der Waals surface area contributed by atoms with E-state index in [9.17, 15) is 9.59 Å². The Morgan fingerprint density at radius 1 is 1.10 bits per heavy atom. The molecule has 0 saturated heterocycles. The molecule has 0 aliphatic carbocycles. The Kier molecular flexibility index (Phi) is 7.92. The predicted molar refractivity (Wildman–Crippen MR) is 155 cm³/mol. The van der Waals surface area contributed by atoms with Crippen LogP contribution in [0.3, 0.4) is 0 Å². The number of furan rings is 1. The highest BCUT2D eigenvalue weighted by Gasteiger charge is 2.35. The summed E-state index contributed by atoms with van der Waals surface area (Å²) in [4.78, 5) is 32.8. The van der Waals surface area contributed by atoms with Gasteiger partial charge in [-0.25, -0.2) is 9.79 Å². The Labute approximate surface area is 244 Å². The number of hydrogen-bond acceptors (Lipinski definition) is 8. The van der Waals surface area contributed by atoms with Crippen LogP contribution in [0.4, 0.5) is 0 Å². The summed E-state index contributed by atoms with van der Waals surface area (Å²) in [5.74, 6) is 0.902. The molecule has 1 aliphatic heterocycles. The van der Waals surface area contributed by atoms with Crippen molar-refractivity contribution in [2.45, 2.75) is 13.0 Å². The molecule has 0 fully saturated rings. The SMILES string of the molecule is CCOC(=O)C1=C(c2ccccc2)N=c2s/c(=C/c3cc(Br)c(Br)o3)c(=O)n2[C@@H]1c1ccc(OC)c(OC)c1. The summed E-state index contributed by atoms with van der Waals surface area (Å²) >= 11 is 7.94. The van der Waals surface area contributed by atoms with Crippen molar-refractivity contribution < 1.29 is 23.4 Å². The van der Waals surface area contributed by atoms with Crippen LogP contribution in [0.25, 0.3) is 11.8 Å². The van der Waals surface area contributed by atoms with Crippen molar-refractivity contribution in [3.8, 4) is 11.5 Å². The highest BCUT2D eigenvalue weighted by atomic mass is 79.9. The van der Waals surface area contributed by atoms with Crippen LogP contribution in [0, 0.1) is 0 Å². The maximum absolute atomic E-state index is 13.9. The zero-order valence-corrected chi connectivity index (χ0v) is 25.1. The highest BCUT2D eigenvalue weighted by Crippen LogP contribution is 2.38. The van der Waals surface area contributed by atoms with Gasteiger partial charge in [0, 0.05) is 11.6 Å². The smallest absolute Gasteiger partial charge is 0.338 e. The van der Waals surface area contributed by atoms with Crippen molar-refractivity contribution in [3.63, 3.8) is 0 Å². The van der Waals surface area contributed by atoms with Crippen molar-refractivity contribution in [1.82, 2.24) is 4.57 Å². The van der Waals surface area contributed by atoms with Crippen LogP contribution >= 0.6 is 43.2 Å². The van der Waals surface area contributed by atoms with Crippen molar-refractivity contribution >= 4 is 60.9 Å². The number of aromatic nitrogens is 1. The van der Waals surface area contributed by atoms with Gasteiger partial charge in [-0.1, -0.05) is 47.7 Å². The summed E-state index contributed by atoms with van der Waals surface area (Å²) in [5.41, 5.74) is 1.72. The highest BCUT2D eigenvalue weighted by molar-refractivity contribution is 9.13. The molecule has 39 heavy (non-hydrogen) atoms. The maximum atomic E-state index is 13.9. The summed E-state index contributed by atoms with van der Waals surface area (Å²) in [6.45, 7) is 1.90. The van der Waals surface area contributed by atoms with Crippen LogP contribution in [-0.2, 0) is 9.53 Å². The number of rotatable bonds is 7. The number of halogens is 2. The Morgan fingerprint density at radius 3 is 2.49 bits per heavy atom. The van der Waals surface area contributed by atoms with Gasteiger partial charge < -0.3 is 18.6 Å². The molecule has 3 heterocycles. The standard InChI is InChI=1S/C28H22Br2N2O6S/c1-4-37-27(34)22-23(15-8-6-5-7-9-15)31-28-32(24(22)16-10-11-19(35-2)20(12-16)36-3)26(33)21(39-28)14-17-13-18(29)25(30)38-17/h5-14,24H,4H2,1-3H3/b21-14+/t24-/m1/s1. The number of carbonyl (C=O) groups is 1. The van der Waals surface area contributed by atoms with Crippen molar-refractivity contribution in [3.05, 3.63) is 106 Å². The molecular weight excluding hydrogens is 652 g/mol. The number of hydrogen-bond donors (Lipinski definition) is 0. The fourth-order valence-electron chi connectivity index (χ4n) is 4.34. The lowest BCUT2D eigenvalue weighted by atomic mass is 9.93. The molecule has 8 nitrogen and oxygen atoms in total. The molecule has 0 unspecified atom stereocenters. The van der Waals surface area contributed by atoms with E-state index in [0.717, 1.165) is 10.0 Å². The van der Waals surface area contributed by atoms with Crippen molar-refractivity contribution in [1.29, 1.82) is 0 Å². The van der Waals surface area contributed by atoms with Gasteiger partial charge in [-0.15, -0.1) is 0 Å². The van der Waals surface area contributed by atoms with E-state index in [1.54, 1.807) is 44.4 Å². The van der Waals surface area contributed by atoms with Gasteiger partial charge in [0.05, 0.1) is 47.1 Å². The molecular formula is C28H22Br2N2O6S. The zero-order chi connectivity index (χ0) is 27.7. The number of thiazole rings is 1. The van der Waals surface area contributed by atoms with E-state index in [2.05, 4.69) is 31.9 Å². The summed E-state index contributed by atoms with van der Waals surface area (Å²) < 4.78 is 25.3. The maximum Gasteiger partial charge on any atom is 0.338 e. The van der Waals surface area contributed by atoms with Crippen LogP contribution in [0.1, 0.15) is 29.9 Å². The molecule has 1 aliphatic rings. The number of methoxy groups -OCH3 is 2. The molecule has 1 atom stereocenters. The van der Waals surface area contributed by atoms with Gasteiger partial charge >= 0.3 is 5.97 Å². The minimum absolute atomic E-state index is 0.162. The first kappa shape index (κ1) is 27.2. The van der Waals surface area contributed by atoms with Gasteiger partial charge in [0.25, 0.3) is 5.56 Å². The van der Waals surface area contributed by atoms with E-state index < -0.39 is 12.0 Å². The molecule has 0 N–H and O–H groups in total. The van der Waals surface area contributed by atoms with Crippen LogP contribution in [-0.4, -0.2) is 31.4 Å². The second-order valence-electron chi connectivity index (χ2n) is 8.32. The van der Waals surface area contributed by atoms with Gasteiger partial charge in [-0.2, -0.15) is 0 Å². The van der Waals surface area contributed by atoms with E-state index in [1.165, 1.54) is 23.0 Å². The third-order valence-electron chi connectivity index (χ3n) is 6.03. The molecule has 11 heteroatoms. The molecule has 4 aromatic rings. The molecule has 2 aromatic carbocycles. The molecule has 5 rings (SSSR count). The first-order chi connectivity index (χ1) is 18.9. The van der Waals surface area contributed by atoms with Crippen molar-refractivity contribution in [2.75, 3.05) is 20.8 Å². The Morgan fingerprint density at radius 2 is 1.85 bits per heavy atom. The van der Waals surface area contributed by atoms with Gasteiger partial charge in [-0.05, 0) is 62.5 Å². The van der Waals surface area contributed by atoms with E-state index in [-0.39, 0.29) is 17.7 Å². The molecule has 0 spiro atoms. The fraction of sp³-hybridized carbons (Fsp3) is 0.179. The number of esters is 1. The Hall–Kier alpha value is -3.41. The van der Waals surface area contributed by atoms with Crippen LogP contribution < -0.4 is 24.4 Å². The molecule has 200 valence electrons. The second kappa shape index (κ2) is 11.4. The van der Waals surface area contributed by atoms with E-state index in [4.69, 9.17) is 23.6 Å². The van der Waals surface area contributed by atoms with Gasteiger partial charge in [0.1, 0.15) is 5.76 Å². The number of fused-ring (bicyclic) bond motifs is 1. The predicted octanol–water partition coefficient (Wildman–Crippen LogP) is 5.07. The third-order valence-corrected chi connectivity index (χ3v) is 8.73. The molecule has 0 amide bonds. The summed E-state index contributed by atoms with van der Waals surface area (Å²) in [6.07, 6.45) is 1.65. The first-order valence-corrected chi connectivity index (χ1v) is 14.2. The number of carbonyl (C=O) groups excluding carboxylic acids is 1. The average Bonchev–Trinajstić information content (AvgIpc) is 3.44. The van der Waals surface area contributed by atoms with Gasteiger partial charge in [0.2, 0.25) is 0 Å². The van der Waals surface area contributed by atoms with E-state index >= 15 is 0 Å². The largest absolute Gasteiger partial charge is 0.493 e. The minimum atomic E-state index is -0.840. The van der Waals surface area contributed by atoms with Crippen LogP contribution in [0.5, 0.6) is 11.5 Å². The molecule has 2 aromatic heterocycles. The zero-order valence-electron chi connectivity index (χ0n) is 21.1. The van der Waals surface area contributed by atoms with E-state index in [0.29, 0.717) is 42.5 Å². The lowest BCUT2D eigenvalue weighted by Gasteiger charge is -2.26. The normalized spacial score (nSPS) is 15.1. The fourth-order valence-corrected chi connectivity index (χ4v) is 5.93. The average molecular weight is 674 g/mol. The topological polar surface area (TPSA) is 92.3 Å². The number of ether oxygens (including phenoxy) is 3.